The van der Waals surface area contributed by atoms with Crippen LogP contribution in [-0.2, 0) is 19.1 Å². The first-order chi connectivity index (χ1) is 12.2. The Balaban J connectivity index is 2.36. The first-order valence-corrected chi connectivity index (χ1v) is 8.41. The molecule has 0 spiro atoms. The Bertz CT molecular complexity index is 779. The fourth-order valence-corrected chi connectivity index (χ4v) is 3.31. The Kier molecular flexibility index (Phi) is 6.05. The molecule has 7 nitrogen and oxygen atoms in total. The molecule has 0 radical (unpaired) electrons. The van der Waals surface area contributed by atoms with Gasteiger partial charge in [-0.3, -0.25) is 5.43 Å². The predicted molar refractivity (Wildman–Crippen MR) is 94.4 cm³/mol. The van der Waals surface area contributed by atoms with E-state index in [4.69, 9.17) is 11.7 Å². The van der Waals surface area contributed by atoms with Gasteiger partial charge in [0.1, 0.15) is 9.88 Å². The number of para-hydroxylation sites is 1. The molecular weight excluding hydrogens is 369 g/mol. The normalized spacial score (nSPS) is 11.3. The van der Waals surface area contributed by atoms with E-state index in [9.17, 15) is 18.0 Å². The first-order valence-electron chi connectivity index (χ1n) is 7.59. The van der Waals surface area contributed by atoms with E-state index in [0.717, 1.165) is 16.8 Å². The molecule has 26 heavy (non-hydrogen) atoms. The summed E-state index contributed by atoms with van der Waals surface area (Å²) in [7, 11) is 1.70. The van der Waals surface area contributed by atoms with Gasteiger partial charge in [0.05, 0.1) is 24.1 Å². The Labute approximate surface area is 152 Å². The van der Waals surface area contributed by atoms with Gasteiger partial charge in [-0.2, -0.15) is 13.2 Å². The van der Waals surface area contributed by atoms with Gasteiger partial charge in [-0.15, -0.1) is 11.3 Å². The molecular formula is C15H19F3N6OS. The van der Waals surface area contributed by atoms with Crippen molar-refractivity contribution < 1.29 is 18.0 Å². The molecule has 0 atom stereocenters. The van der Waals surface area contributed by atoms with Crippen molar-refractivity contribution in [2.45, 2.75) is 26.1 Å². The van der Waals surface area contributed by atoms with Crippen molar-refractivity contribution in [3.8, 4) is 0 Å². The molecule has 0 aliphatic rings. The number of rotatable bonds is 5. The van der Waals surface area contributed by atoms with Crippen LogP contribution in [0.1, 0.15) is 22.4 Å². The van der Waals surface area contributed by atoms with Crippen LogP contribution in [0.25, 0.3) is 0 Å². The topological polar surface area (TPSA) is 101 Å². The first kappa shape index (κ1) is 19.9. The van der Waals surface area contributed by atoms with E-state index in [1.165, 1.54) is 0 Å². The van der Waals surface area contributed by atoms with E-state index in [0.29, 0.717) is 34.1 Å². The summed E-state index contributed by atoms with van der Waals surface area (Å²) in [6, 6.07) is 4.50. The monoisotopic (exact) mass is 388 g/mol. The third-order valence-corrected chi connectivity index (χ3v) is 4.70. The van der Waals surface area contributed by atoms with Crippen molar-refractivity contribution in [2.75, 3.05) is 17.0 Å². The second-order valence-electron chi connectivity index (χ2n) is 5.43. The average Bonchev–Trinajstić information content (AvgIpc) is 3.08. The van der Waals surface area contributed by atoms with Gasteiger partial charge in [0, 0.05) is 7.05 Å². The fourth-order valence-electron chi connectivity index (χ4n) is 2.47. The number of halogens is 3. The third kappa shape index (κ3) is 4.23. The van der Waals surface area contributed by atoms with Gasteiger partial charge in [0.15, 0.2) is 0 Å². The summed E-state index contributed by atoms with van der Waals surface area (Å²) < 4.78 is 38.3. The van der Waals surface area contributed by atoms with Crippen molar-refractivity contribution in [2.24, 2.45) is 11.7 Å². The van der Waals surface area contributed by atoms with E-state index >= 15 is 0 Å². The number of aromatic nitrogens is 1. The number of nitrogens with one attached hydrogen (secondary N) is 1. The minimum absolute atomic E-state index is 0.128. The molecule has 1 heterocycles. The number of alkyl halides is 3. The average molecular weight is 388 g/mol. The number of carbonyl (C=O) groups excluding carboxylic acids is 1. The van der Waals surface area contributed by atoms with E-state index in [1.54, 1.807) is 24.1 Å². The number of nitrogens with two attached hydrogens (primary N) is 2. The van der Waals surface area contributed by atoms with E-state index < -0.39 is 17.1 Å². The number of aryl methyl sites for hydroxylation is 1. The van der Waals surface area contributed by atoms with Crippen molar-refractivity contribution >= 4 is 28.7 Å². The number of amides is 2. The second kappa shape index (κ2) is 7.89. The summed E-state index contributed by atoms with van der Waals surface area (Å²) in [5.74, 6) is 10.9. The Morgan fingerprint density at radius 1 is 1.38 bits per heavy atom. The number of hydrazine groups is 2. The van der Waals surface area contributed by atoms with Gasteiger partial charge in [-0.25, -0.2) is 26.5 Å². The van der Waals surface area contributed by atoms with Crippen molar-refractivity contribution in [3.63, 3.8) is 0 Å². The van der Waals surface area contributed by atoms with Gasteiger partial charge >= 0.3 is 12.2 Å². The lowest BCUT2D eigenvalue weighted by molar-refractivity contribution is -0.134. The Morgan fingerprint density at radius 3 is 2.62 bits per heavy atom. The van der Waals surface area contributed by atoms with Gasteiger partial charge in [0.2, 0.25) is 0 Å². The molecule has 2 aromatic rings. The number of carbonyl (C=O) groups is 1. The molecule has 0 bridgehead atoms. The number of hydrogen-bond donors (Lipinski definition) is 3. The summed E-state index contributed by atoms with van der Waals surface area (Å²) in [4.78, 5) is 16.6. The molecule has 0 saturated carbocycles. The maximum atomic E-state index is 12.8. The maximum absolute atomic E-state index is 12.8. The van der Waals surface area contributed by atoms with Crippen molar-refractivity contribution in [1.82, 2.24) is 10.4 Å². The molecule has 2 rings (SSSR count). The highest BCUT2D eigenvalue weighted by atomic mass is 32.1. The molecule has 5 N–H and O–H groups in total. The maximum Gasteiger partial charge on any atom is 0.427 e. The highest BCUT2D eigenvalue weighted by molar-refractivity contribution is 7.11. The number of anilines is 2. The van der Waals surface area contributed by atoms with Crippen molar-refractivity contribution in [3.05, 3.63) is 39.8 Å². The largest absolute Gasteiger partial charge is 0.427 e. The Hall–Kier alpha value is -2.37. The number of thiazole rings is 1. The minimum atomic E-state index is -4.42. The van der Waals surface area contributed by atoms with E-state index in [-0.39, 0.29) is 6.54 Å². The van der Waals surface area contributed by atoms with Gasteiger partial charge < -0.3 is 4.90 Å². The molecule has 2 amide bonds. The summed E-state index contributed by atoms with van der Waals surface area (Å²) in [6.07, 6.45) is -2.97. The number of hydrogen-bond acceptors (Lipinski definition) is 6. The standard InChI is InChI=1S/C15H19F3N6OS/c1-3-9-5-4-6-10(24(20)14(25)22-19)13(9)23(2)8-12-21-7-11(26-12)15(16,17)18/h4-7H,3,8,19-20H2,1-2H3,(H,22,25). The molecule has 142 valence electrons. The van der Waals surface area contributed by atoms with Crippen LogP contribution in [0.4, 0.5) is 29.3 Å². The minimum Gasteiger partial charge on any atom is -0.366 e. The van der Waals surface area contributed by atoms with Gasteiger partial charge in [0.25, 0.3) is 0 Å². The van der Waals surface area contributed by atoms with Gasteiger partial charge in [-0.1, -0.05) is 19.1 Å². The molecule has 11 heteroatoms. The lowest BCUT2D eigenvalue weighted by atomic mass is 10.1. The van der Waals surface area contributed by atoms with Crippen LogP contribution in [0.2, 0.25) is 0 Å². The summed E-state index contributed by atoms with van der Waals surface area (Å²) >= 11 is 0.579. The van der Waals surface area contributed by atoms with E-state index in [2.05, 4.69) is 4.98 Å². The molecule has 0 aliphatic heterocycles. The molecule has 0 fully saturated rings. The molecule has 0 unspecified atom stereocenters. The van der Waals surface area contributed by atoms with E-state index in [1.807, 2.05) is 18.4 Å². The summed E-state index contributed by atoms with van der Waals surface area (Å²) in [5.41, 5.74) is 3.81. The highest BCUT2D eigenvalue weighted by Gasteiger charge is 2.33. The smallest absolute Gasteiger partial charge is 0.366 e. The molecule has 0 aliphatic carbocycles. The molecule has 1 aromatic heterocycles. The van der Waals surface area contributed by atoms with Crippen LogP contribution in [0.5, 0.6) is 0 Å². The van der Waals surface area contributed by atoms with Crippen LogP contribution in [-0.4, -0.2) is 18.1 Å². The van der Waals surface area contributed by atoms with Crippen LogP contribution in [0, 0.1) is 0 Å². The highest BCUT2D eigenvalue weighted by Crippen LogP contribution is 2.36. The summed E-state index contributed by atoms with van der Waals surface area (Å²) in [5, 5.41) is 1.15. The zero-order valence-corrected chi connectivity index (χ0v) is 15.0. The summed E-state index contributed by atoms with van der Waals surface area (Å²) in [6.45, 7) is 2.05. The molecule has 1 aromatic carbocycles. The number of urea groups is 1. The lowest BCUT2D eigenvalue weighted by Crippen LogP contribution is -2.48. The van der Waals surface area contributed by atoms with Crippen molar-refractivity contribution in [1.29, 1.82) is 0 Å². The second-order valence-corrected chi connectivity index (χ2v) is 6.55. The van der Waals surface area contributed by atoms with Crippen LogP contribution in [0.15, 0.2) is 24.4 Å². The number of benzene rings is 1. The fraction of sp³-hybridized carbons (Fsp3) is 0.333. The zero-order chi connectivity index (χ0) is 19.5. The van der Waals surface area contributed by atoms with Crippen LogP contribution < -0.4 is 27.0 Å². The van der Waals surface area contributed by atoms with Crippen LogP contribution in [0.3, 0.4) is 0 Å². The zero-order valence-electron chi connectivity index (χ0n) is 14.2. The number of nitrogens with zero attached hydrogens (tertiary/aromatic N) is 3. The third-order valence-electron chi connectivity index (χ3n) is 3.67. The quantitative estimate of drug-likeness (QED) is 0.415. The SMILES string of the molecule is CCc1cccc(N(N)C(=O)NN)c1N(C)Cc1ncc(C(F)(F)F)s1. The predicted octanol–water partition coefficient (Wildman–Crippen LogP) is 2.62. The lowest BCUT2D eigenvalue weighted by Gasteiger charge is -2.28. The van der Waals surface area contributed by atoms with Crippen LogP contribution >= 0.6 is 11.3 Å². The van der Waals surface area contributed by atoms with Gasteiger partial charge in [-0.05, 0) is 18.1 Å². The molecule has 0 saturated heterocycles. The Morgan fingerprint density at radius 2 is 2.08 bits per heavy atom.